The van der Waals surface area contributed by atoms with E-state index in [-0.39, 0.29) is 0 Å². The molecule has 4 nitrogen and oxygen atoms in total. The first-order chi connectivity index (χ1) is 10.1. The lowest BCUT2D eigenvalue weighted by Crippen LogP contribution is -2.22. The number of methoxy groups -OCH3 is 1. The lowest BCUT2D eigenvalue weighted by atomic mass is 10.2. The fraction of sp³-hybridized carbons (Fsp3) is 0.312. The molecule has 0 fully saturated rings. The molecule has 2 aromatic rings. The Kier molecular flexibility index (Phi) is 5.42. The molecular formula is C16H19ClN2O2. The Labute approximate surface area is 130 Å². The summed E-state index contributed by atoms with van der Waals surface area (Å²) in [6, 6.07) is 9.59. The minimum atomic E-state index is 0.389. The summed E-state index contributed by atoms with van der Waals surface area (Å²) in [5, 5.41) is 3.95. The fourth-order valence-corrected chi connectivity index (χ4v) is 1.90. The van der Waals surface area contributed by atoms with E-state index < -0.39 is 0 Å². The highest BCUT2D eigenvalue weighted by molar-refractivity contribution is 6.31. The summed E-state index contributed by atoms with van der Waals surface area (Å²) < 4.78 is 10.8. The number of rotatable bonds is 6. The Bertz CT molecular complexity index is 585. The predicted octanol–water partition coefficient (Wildman–Crippen LogP) is 4.03. The second kappa shape index (κ2) is 7.29. The number of pyridine rings is 1. The first-order valence-electron chi connectivity index (χ1n) is 6.78. The Morgan fingerprint density at radius 3 is 2.48 bits per heavy atom. The van der Waals surface area contributed by atoms with Gasteiger partial charge in [0.15, 0.2) is 0 Å². The zero-order chi connectivity index (χ0) is 15.2. The lowest BCUT2D eigenvalue weighted by Gasteiger charge is -2.11. The monoisotopic (exact) mass is 306 g/mol. The molecule has 2 rings (SSSR count). The number of aromatic nitrogens is 1. The molecule has 5 heteroatoms. The molecular weight excluding hydrogens is 288 g/mol. The summed E-state index contributed by atoms with van der Waals surface area (Å²) >= 11 is 6.15. The van der Waals surface area contributed by atoms with Gasteiger partial charge < -0.3 is 14.8 Å². The SMILES string of the molecule is COc1ccc(Oc2cc(CNC(C)C)c(Cl)cn2)cc1. The smallest absolute Gasteiger partial charge is 0.219 e. The molecule has 0 aliphatic heterocycles. The average Bonchev–Trinajstić information content (AvgIpc) is 2.48. The van der Waals surface area contributed by atoms with Crippen LogP contribution < -0.4 is 14.8 Å². The van der Waals surface area contributed by atoms with Gasteiger partial charge in [0, 0.05) is 24.8 Å². The highest BCUT2D eigenvalue weighted by Gasteiger charge is 2.06. The second-order valence-corrected chi connectivity index (χ2v) is 5.33. The Hall–Kier alpha value is -1.78. The molecule has 112 valence electrons. The van der Waals surface area contributed by atoms with Crippen molar-refractivity contribution in [3.63, 3.8) is 0 Å². The van der Waals surface area contributed by atoms with E-state index in [1.54, 1.807) is 13.3 Å². The number of nitrogens with one attached hydrogen (secondary N) is 1. The Morgan fingerprint density at radius 1 is 1.19 bits per heavy atom. The third kappa shape index (κ3) is 4.62. The van der Waals surface area contributed by atoms with Crippen molar-refractivity contribution in [1.29, 1.82) is 0 Å². The van der Waals surface area contributed by atoms with Gasteiger partial charge in [-0.1, -0.05) is 25.4 Å². The van der Waals surface area contributed by atoms with Crippen LogP contribution in [0.1, 0.15) is 19.4 Å². The summed E-state index contributed by atoms with van der Waals surface area (Å²) in [6.07, 6.45) is 1.61. The van der Waals surface area contributed by atoms with Gasteiger partial charge in [0.1, 0.15) is 11.5 Å². The van der Waals surface area contributed by atoms with Crippen molar-refractivity contribution < 1.29 is 9.47 Å². The molecule has 1 aromatic carbocycles. The van der Waals surface area contributed by atoms with E-state index in [9.17, 15) is 0 Å². The van der Waals surface area contributed by atoms with E-state index in [2.05, 4.69) is 24.1 Å². The molecule has 0 atom stereocenters. The van der Waals surface area contributed by atoms with Crippen LogP contribution in [-0.4, -0.2) is 18.1 Å². The standard InChI is InChI=1S/C16H19ClN2O2/c1-11(2)18-9-12-8-16(19-10-15(12)17)21-14-6-4-13(20-3)5-7-14/h4-8,10-11,18H,9H2,1-3H3. The Morgan fingerprint density at radius 2 is 1.86 bits per heavy atom. The number of halogens is 1. The van der Waals surface area contributed by atoms with Crippen LogP contribution in [0.3, 0.4) is 0 Å². The maximum absolute atomic E-state index is 6.15. The molecule has 0 radical (unpaired) electrons. The molecule has 0 amide bonds. The van der Waals surface area contributed by atoms with Crippen LogP contribution in [0.5, 0.6) is 17.4 Å². The molecule has 0 saturated heterocycles. The van der Waals surface area contributed by atoms with Gasteiger partial charge in [-0.05, 0) is 29.8 Å². The number of hydrogen-bond donors (Lipinski definition) is 1. The lowest BCUT2D eigenvalue weighted by molar-refractivity contribution is 0.412. The minimum Gasteiger partial charge on any atom is -0.497 e. The minimum absolute atomic E-state index is 0.389. The van der Waals surface area contributed by atoms with Gasteiger partial charge in [-0.15, -0.1) is 0 Å². The van der Waals surface area contributed by atoms with Crippen molar-refractivity contribution in [3.05, 3.63) is 47.1 Å². The van der Waals surface area contributed by atoms with Gasteiger partial charge in [-0.3, -0.25) is 0 Å². The molecule has 1 aromatic heterocycles. The highest BCUT2D eigenvalue weighted by Crippen LogP contribution is 2.25. The van der Waals surface area contributed by atoms with Crippen molar-refractivity contribution >= 4 is 11.6 Å². The zero-order valence-electron chi connectivity index (χ0n) is 12.4. The first kappa shape index (κ1) is 15.6. The molecule has 0 aliphatic rings. The number of benzene rings is 1. The second-order valence-electron chi connectivity index (χ2n) is 4.93. The molecule has 1 N–H and O–H groups in total. The van der Waals surface area contributed by atoms with Crippen molar-refractivity contribution in [2.75, 3.05) is 7.11 Å². The van der Waals surface area contributed by atoms with Crippen LogP contribution in [0.25, 0.3) is 0 Å². The summed E-state index contributed by atoms with van der Waals surface area (Å²) in [5.74, 6) is 2.01. The highest BCUT2D eigenvalue weighted by atomic mass is 35.5. The molecule has 0 saturated carbocycles. The van der Waals surface area contributed by atoms with Crippen LogP contribution in [-0.2, 0) is 6.54 Å². The van der Waals surface area contributed by atoms with Crippen molar-refractivity contribution in [2.24, 2.45) is 0 Å². The van der Waals surface area contributed by atoms with E-state index in [1.165, 1.54) is 0 Å². The van der Waals surface area contributed by atoms with Crippen molar-refractivity contribution in [3.8, 4) is 17.4 Å². The van der Waals surface area contributed by atoms with Gasteiger partial charge >= 0.3 is 0 Å². The fourth-order valence-electron chi connectivity index (χ4n) is 1.73. The molecule has 1 heterocycles. The predicted molar refractivity (Wildman–Crippen MR) is 84.3 cm³/mol. The van der Waals surface area contributed by atoms with Crippen LogP contribution in [0.15, 0.2) is 36.5 Å². The van der Waals surface area contributed by atoms with Gasteiger partial charge in [0.25, 0.3) is 0 Å². The van der Waals surface area contributed by atoms with Crippen LogP contribution in [0.2, 0.25) is 5.02 Å². The van der Waals surface area contributed by atoms with E-state index in [0.29, 0.717) is 29.2 Å². The summed E-state index contributed by atoms with van der Waals surface area (Å²) in [6.45, 7) is 4.85. The van der Waals surface area contributed by atoms with Crippen LogP contribution >= 0.6 is 11.6 Å². The third-order valence-electron chi connectivity index (χ3n) is 2.89. The quantitative estimate of drug-likeness (QED) is 0.875. The number of ether oxygens (including phenoxy) is 2. The maximum atomic E-state index is 6.15. The largest absolute Gasteiger partial charge is 0.497 e. The summed E-state index contributed by atoms with van der Waals surface area (Å²) in [7, 11) is 1.63. The molecule has 21 heavy (non-hydrogen) atoms. The van der Waals surface area contributed by atoms with Gasteiger partial charge in [-0.2, -0.15) is 0 Å². The normalized spacial score (nSPS) is 10.7. The number of hydrogen-bond acceptors (Lipinski definition) is 4. The van der Waals surface area contributed by atoms with Crippen molar-refractivity contribution in [1.82, 2.24) is 10.3 Å². The van der Waals surface area contributed by atoms with Crippen molar-refractivity contribution in [2.45, 2.75) is 26.4 Å². The Balaban J connectivity index is 2.10. The molecule has 0 aliphatic carbocycles. The third-order valence-corrected chi connectivity index (χ3v) is 3.23. The topological polar surface area (TPSA) is 43.4 Å². The average molecular weight is 307 g/mol. The van der Waals surface area contributed by atoms with E-state index in [0.717, 1.165) is 11.3 Å². The van der Waals surface area contributed by atoms with Crippen LogP contribution in [0.4, 0.5) is 0 Å². The van der Waals surface area contributed by atoms with Gasteiger partial charge in [0.2, 0.25) is 5.88 Å². The van der Waals surface area contributed by atoms with Gasteiger partial charge in [0.05, 0.1) is 12.1 Å². The molecule has 0 spiro atoms. The number of nitrogens with zero attached hydrogens (tertiary/aromatic N) is 1. The summed E-state index contributed by atoms with van der Waals surface area (Å²) in [5.41, 5.74) is 0.962. The maximum Gasteiger partial charge on any atom is 0.219 e. The first-order valence-corrected chi connectivity index (χ1v) is 7.16. The van der Waals surface area contributed by atoms with Gasteiger partial charge in [-0.25, -0.2) is 4.98 Å². The molecule has 0 bridgehead atoms. The van der Waals surface area contributed by atoms with Crippen LogP contribution in [0, 0.1) is 0 Å². The van der Waals surface area contributed by atoms with E-state index >= 15 is 0 Å². The summed E-state index contributed by atoms with van der Waals surface area (Å²) in [4.78, 5) is 4.19. The molecule has 0 unspecified atom stereocenters. The zero-order valence-corrected chi connectivity index (χ0v) is 13.1. The van der Waals surface area contributed by atoms with E-state index in [1.807, 2.05) is 30.3 Å². The van der Waals surface area contributed by atoms with E-state index in [4.69, 9.17) is 21.1 Å².